The first-order valence-electron chi connectivity index (χ1n) is 10.8. The van der Waals surface area contributed by atoms with Gasteiger partial charge in [0.05, 0.1) is 39.6 Å². The van der Waals surface area contributed by atoms with Gasteiger partial charge in [0, 0.05) is 6.20 Å². The Labute approximate surface area is 228 Å². The molecule has 0 aliphatic rings. The number of aromatic nitrogens is 7. The zero-order valence-corrected chi connectivity index (χ0v) is 21.5. The molecule has 0 aliphatic heterocycles. The number of nitrogens with one attached hydrogen (secondary N) is 1. The number of nitrogens with zero attached hydrogens (tertiary/aromatic N) is 8. The van der Waals surface area contributed by atoms with Gasteiger partial charge in [0.2, 0.25) is 5.82 Å². The Morgan fingerprint density at radius 1 is 1.20 bits per heavy atom. The summed E-state index contributed by atoms with van der Waals surface area (Å²) >= 11 is 3.26. The molecular formula is C22H14BrF5N10O2. The lowest BCUT2D eigenvalue weighted by Crippen LogP contribution is -2.36. The fourth-order valence-corrected chi connectivity index (χ4v) is 3.99. The van der Waals surface area contributed by atoms with Gasteiger partial charge in [-0.05, 0) is 69.2 Å². The number of tetrazole rings is 1. The Morgan fingerprint density at radius 3 is 2.55 bits per heavy atom. The van der Waals surface area contributed by atoms with Crippen LogP contribution in [0.2, 0.25) is 0 Å². The third-order valence-electron chi connectivity index (χ3n) is 5.38. The standard InChI is InChI=1S/C22H14BrF5N10O2/c1-10-5-11(8-29)6-13(17(30)39)16(10)32-19(40)15-7-12(34-38(15)18-14(23)3-2-4-31-18)9-37-20(33-35-36-37)21(24,25)22(26,27)28/h2-7H,9H2,1H3,(H2,30,39)(H,32,40). The normalized spacial score (nSPS) is 11.8. The second-order valence-electron chi connectivity index (χ2n) is 8.12. The van der Waals surface area contributed by atoms with Gasteiger partial charge in [0.15, 0.2) is 5.82 Å². The van der Waals surface area contributed by atoms with Crippen LogP contribution in [-0.4, -0.2) is 53.0 Å². The smallest absolute Gasteiger partial charge is 0.366 e. The van der Waals surface area contributed by atoms with Crippen molar-refractivity contribution in [1.82, 2.24) is 35.0 Å². The molecule has 0 bridgehead atoms. The maximum Gasteiger partial charge on any atom is 0.461 e. The van der Waals surface area contributed by atoms with E-state index in [0.717, 1.165) is 10.7 Å². The molecule has 3 aromatic heterocycles. The molecule has 0 fully saturated rings. The summed E-state index contributed by atoms with van der Waals surface area (Å²) in [5.74, 6) is -8.91. The molecule has 0 radical (unpaired) electrons. The number of carbonyl (C=O) groups is 2. The molecule has 0 aliphatic carbocycles. The fraction of sp³-hybridized carbons (Fsp3) is 0.182. The van der Waals surface area contributed by atoms with Crippen molar-refractivity contribution in [3.8, 4) is 11.9 Å². The average molecular weight is 625 g/mol. The first kappa shape index (κ1) is 28.2. The second kappa shape index (κ2) is 10.4. The van der Waals surface area contributed by atoms with Crippen LogP contribution >= 0.6 is 15.9 Å². The van der Waals surface area contributed by atoms with Crippen molar-refractivity contribution in [3.63, 3.8) is 0 Å². The third-order valence-corrected chi connectivity index (χ3v) is 6.00. The summed E-state index contributed by atoms with van der Waals surface area (Å²) in [6, 6.07) is 8.67. The van der Waals surface area contributed by atoms with Gasteiger partial charge in [-0.25, -0.2) is 14.3 Å². The first-order chi connectivity index (χ1) is 18.7. The van der Waals surface area contributed by atoms with Crippen LogP contribution in [0.3, 0.4) is 0 Å². The van der Waals surface area contributed by atoms with E-state index in [9.17, 15) is 36.8 Å². The molecule has 4 rings (SSSR count). The van der Waals surface area contributed by atoms with Crippen molar-refractivity contribution in [2.45, 2.75) is 25.6 Å². The van der Waals surface area contributed by atoms with Gasteiger partial charge in [0.25, 0.3) is 11.8 Å². The minimum absolute atomic E-state index is 0.0153. The summed E-state index contributed by atoms with van der Waals surface area (Å²) in [4.78, 5) is 29.6. The zero-order chi connectivity index (χ0) is 29.4. The summed E-state index contributed by atoms with van der Waals surface area (Å²) in [6.45, 7) is 0.731. The van der Waals surface area contributed by atoms with Crippen molar-refractivity contribution in [2.75, 3.05) is 5.32 Å². The van der Waals surface area contributed by atoms with Crippen molar-refractivity contribution in [1.29, 1.82) is 5.26 Å². The number of amides is 2. The van der Waals surface area contributed by atoms with E-state index >= 15 is 0 Å². The summed E-state index contributed by atoms with van der Waals surface area (Å²) in [5, 5.41) is 24.8. The highest BCUT2D eigenvalue weighted by molar-refractivity contribution is 9.10. The highest BCUT2D eigenvalue weighted by Crippen LogP contribution is 2.42. The van der Waals surface area contributed by atoms with Gasteiger partial charge in [0.1, 0.15) is 5.69 Å². The van der Waals surface area contributed by atoms with E-state index in [1.54, 1.807) is 12.1 Å². The summed E-state index contributed by atoms with van der Waals surface area (Å²) in [6.07, 6.45) is -4.61. The van der Waals surface area contributed by atoms with E-state index in [0.29, 0.717) is 10.0 Å². The molecule has 3 N–H and O–H groups in total. The second-order valence-corrected chi connectivity index (χ2v) is 8.97. The maximum atomic E-state index is 14.0. The molecule has 40 heavy (non-hydrogen) atoms. The van der Waals surface area contributed by atoms with E-state index in [2.05, 4.69) is 46.9 Å². The van der Waals surface area contributed by atoms with Crippen molar-refractivity contribution in [2.24, 2.45) is 5.73 Å². The molecule has 0 unspecified atom stereocenters. The molecule has 206 valence electrons. The maximum absolute atomic E-state index is 14.0. The topological polar surface area (TPSA) is 170 Å². The van der Waals surface area contributed by atoms with Crippen LogP contribution in [-0.2, 0) is 12.5 Å². The Balaban J connectivity index is 1.79. The largest absolute Gasteiger partial charge is 0.461 e. The predicted molar refractivity (Wildman–Crippen MR) is 128 cm³/mol. The number of alkyl halides is 5. The summed E-state index contributed by atoms with van der Waals surface area (Å²) < 4.78 is 68.3. The predicted octanol–water partition coefficient (Wildman–Crippen LogP) is 3.25. The third kappa shape index (κ3) is 5.22. The number of primary amides is 1. The van der Waals surface area contributed by atoms with Crippen LogP contribution in [0, 0.1) is 18.3 Å². The molecule has 3 heterocycles. The van der Waals surface area contributed by atoms with Crippen molar-refractivity contribution < 1.29 is 31.5 Å². The minimum Gasteiger partial charge on any atom is -0.366 e. The van der Waals surface area contributed by atoms with Crippen LogP contribution in [0.25, 0.3) is 5.82 Å². The zero-order valence-electron chi connectivity index (χ0n) is 19.9. The first-order valence-corrected chi connectivity index (χ1v) is 11.6. The number of hydrogen-bond acceptors (Lipinski definition) is 8. The number of pyridine rings is 1. The molecule has 12 nitrogen and oxygen atoms in total. The fourth-order valence-electron chi connectivity index (χ4n) is 3.57. The average Bonchev–Trinajstić information content (AvgIpc) is 3.52. The summed E-state index contributed by atoms with van der Waals surface area (Å²) in [7, 11) is 0. The quantitative estimate of drug-likeness (QED) is 0.295. The number of benzene rings is 1. The van der Waals surface area contributed by atoms with Gasteiger partial charge in [-0.3, -0.25) is 9.59 Å². The molecule has 0 saturated heterocycles. The number of aryl methyl sites for hydroxylation is 1. The van der Waals surface area contributed by atoms with Crippen LogP contribution < -0.4 is 11.1 Å². The Hall–Kier alpha value is -4.79. The number of nitriles is 1. The Morgan fingerprint density at radius 2 is 1.93 bits per heavy atom. The SMILES string of the molecule is Cc1cc(C#N)cc(C(N)=O)c1NC(=O)c1cc(Cn2nnnc2C(F)(F)C(F)(F)F)nn1-c1ncccc1Br. The van der Waals surface area contributed by atoms with Crippen LogP contribution in [0.1, 0.15) is 43.5 Å². The molecule has 0 spiro atoms. The minimum atomic E-state index is -5.97. The number of anilines is 1. The van der Waals surface area contributed by atoms with Crippen LogP contribution in [0.4, 0.5) is 27.6 Å². The van der Waals surface area contributed by atoms with E-state index in [-0.39, 0.29) is 38.7 Å². The lowest BCUT2D eigenvalue weighted by atomic mass is 10.0. The van der Waals surface area contributed by atoms with Gasteiger partial charge in [-0.2, -0.15) is 32.3 Å². The number of nitrogens with two attached hydrogens (primary N) is 1. The molecule has 0 atom stereocenters. The van der Waals surface area contributed by atoms with Crippen molar-refractivity contribution in [3.05, 3.63) is 74.9 Å². The Bertz CT molecular complexity index is 1680. The Kier molecular flexibility index (Phi) is 7.34. The van der Waals surface area contributed by atoms with Gasteiger partial charge in [-0.15, -0.1) is 5.10 Å². The molecule has 18 heteroatoms. The number of halogens is 6. The van der Waals surface area contributed by atoms with E-state index < -0.39 is 36.3 Å². The number of carbonyl (C=O) groups excluding carboxylic acids is 2. The lowest BCUT2D eigenvalue weighted by molar-refractivity contribution is -0.293. The van der Waals surface area contributed by atoms with E-state index in [4.69, 9.17) is 5.73 Å². The summed E-state index contributed by atoms with van der Waals surface area (Å²) in [5.41, 5.74) is 5.23. The molecule has 0 saturated carbocycles. The number of rotatable bonds is 7. The molecule has 1 aromatic carbocycles. The van der Waals surface area contributed by atoms with Gasteiger partial charge in [-0.1, -0.05) is 0 Å². The molecule has 2 amide bonds. The highest BCUT2D eigenvalue weighted by Gasteiger charge is 2.62. The van der Waals surface area contributed by atoms with Gasteiger partial charge < -0.3 is 11.1 Å². The number of hydrogen-bond donors (Lipinski definition) is 2. The van der Waals surface area contributed by atoms with Crippen LogP contribution in [0.5, 0.6) is 0 Å². The van der Waals surface area contributed by atoms with E-state index in [1.165, 1.54) is 25.3 Å². The van der Waals surface area contributed by atoms with Gasteiger partial charge >= 0.3 is 12.1 Å². The molecule has 4 aromatic rings. The lowest BCUT2D eigenvalue weighted by Gasteiger charge is -2.18. The molecular weight excluding hydrogens is 611 g/mol. The van der Waals surface area contributed by atoms with Crippen molar-refractivity contribution >= 4 is 33.4 Å². The van der Waals surface area contributed by atoms with Crippen LogP contribution in [0.15, 0.2) is 41.0 Å². The highest BCUT2D eigenvalue weighted by atomic mass is 79.9. The van der Waals surface area contributed by atoms with E-state index in [1.807, 2.05) is 6.07 Å². The monoisotopic (exact) mass is 624 g/mol.